The molecule has 1 aromatic heterocycles. The Morgan fingerprint density at radius 3 is 2.62 bits per heavy atom. The summed E-state index contributed by atoms with van der Waals surface area (Å²) in [6, 6.07) is -3.75. The van der Waals surface area contributed by atoms with Gasteiger partial charge in [0, 0.05) is 24.9 Å². The van der Waals surface area contributed by atoms with Gasteiger partial charge in [-0.15, -0.1) is 0 Å². The lowest BCUT2D eigenvalue weighted by Gasteiger charge is -2.29. The van der Waals surface area contributed by atoms with Gasteiger partial charge in [-0.25, -0.2) is 9.78 Å². The number of H-pyrrole nitrogens is 1. The second-order valence-corrected chi connectivity index (χ2v) is 8.25. The first kappa shape index (κ1) is 23.7. The van der Waals surface area contributed by atoms with Crippen LogP contribution in [0.5, 0.6) is 0 Å². The molecule has 3 rings (SSSR count). The molecular formula is C20H30N6O6. The Labute approximate surface area is 185 Å². The molecule has 0 spiro atoms. The number of hydrogen-bond acceptors (Lipinski definition) is 7. The molecule has 2 saturated heterocycles. The minimum atomic E-state index is -1.27. The number of likely N-dealkylation sites (tertiary alicyclic amines) is 1. The van der Waals surface area contributed by atoms with Crippen molar-refractivity contribution < 1.29 is 29.4 Å². The van der Waals surface area contributed by atoms with Crippen LogP contribution in [0.1, 0.15) is 38.3 Å². The highest BCUT2D eigenvalue weighted by molar-refractivity contribution is 5.94. The van der Waals surface area contributed by atoms with Gasteiger partial charge in [-0.3, -0.25) is 14.4 Å². The zero-order chi connectivity index (χ0) is 23.3. The van der Waals surface area contributed by atoms with Crippen molar-refractivity contribution in [3.63, 3.8) is 0 Å². The average Bonchev–Trinajstić information content (AvgIpc) is 3.52. The SMILES string of the molecule is CC(O)C(NC(=O)C1CCCN1)C(=O)NC(Cc1cnc[nH]1)C(=O)N1CCCC1C(=O)O. The minimum Gasteiger partial charge on any atom is -0.480 e. The number of aromatic amines is 1. The maximum absolute atomic E-state index is 13.2. The summed E-state index contributed by atoms with van der Waals surface area (Å²) in [5.41, 5.74) is 0.572. The number of aromatic nitrogens is 2. The molecule has 2 aliphatic heterocycles. The van der Waals surface area contributed by atoms with Crippen LogP contribution in [0.3, 0.4) is 0 Å². The fourth-order valence-electron chi connectivity index (χ4n) is 4.13. The standard InChI is InChI=1S/C20H30N6O6/c1-11(27)16(25-17(28)13-4-2-6-22-13)18(29)24-14(8-12-9-21-10-23-12)19(30)26-7-3-5-15(26)20(31)32/h9-11,13-16,22,27H,2-8H2,1H3,(H,21,23)(H,24,29)(H,25,28)(H,31,32). The molecule has 176 valence electrons. The zero-order valence-corrected chi connectivity index (χ0v) is 17.9. The number of rotatable bonds is 9. The third-order valence-electron chi connectivity index (χ3n) is 5.85. The van der Waals surface area contributed by atoms with E-state index in [1.165, 1.54) is 24.3 Å². The summed E-state index contributed by atoms with van der Waals surface area (Å²) >= 11 is 0. The van der Waals surface area contributed by atoms with E-state index in [4.69, 9.17) is 0 Å². The Morgan fingerprint density at radius 1 is 1.25 bits per heavy atom. The first-order chi connectivity index (χ1) is 15.3. The number of amides is 3. The summed E-state index contributed by atoms with van der Waals surface area (Å²) in [5, 5.41) is 27.7. The number of hydrogen-bond donors (Lipinski definition) is 6. The third kappa shape index (κ3) is 5.62. The van der Waals surface area contributed by atoms with Crippen LogP contribution >= 0.6 is 0 Å². The molecule has 3 heterocycles. The molecular weight excluding hydrogens is 420 g/mol. The number of aliphatic hydroxyl groups excluding tert-OH is 1. The fourth-order valence-corrected chi connectivity index (χ4v) is 4.13. The monoisotopic (exact) mass is 450 g/mol. The van der Waals surface area contributed by atoms with Crippen molar-refractivity contribution in [3.8, 4) is 0 Å². The molecule has 3 amide bonds. The summed E-state index contributed by atoms with van der Waals surface area (Å²) in [6.07, 6.45) is 4.14. The average molecular weight is 450 g/mol. The highest BCUT2D eigenvalue weighted by Gasteiger charge is 2.39. The number of aliphatic hydroxyl groups is 1. The van der Waals surface area contributed by atoms with E-state index in [0.29, 0.717) is 31.5 Å². The Morgan fingerprint density at radius 2 is 2.03 bits per heavy atom. The topological polar surface area (TPSA) is 177 Å². The highest BCUT2D eigenvalue weighted by atomic mass is 16.4. The number of carbonyl (C=O) groups is 4. The van der Waals surface area contributed by atoms with E-state index in [1.807, 2.05) is 0 Å². The van der Waals surface area contributed by atoms with Crippen LogP contribution in [-0.2, 0) is 25.6 Å². The molecule has 2 aliphatic rings. The number of imidazole rings is 1. The normalized spacial score (nSPS) is 23.4. The summed E-state index contributed by atoms with van der Waals surface area (Å²) in [6.45, 7) is 2.35. The van der Waals surface area contributed by atoms with Crippen LogP contribution in [0, 0.1) is 0 Å². The molecule has 1 aromatic rings. The predicted molar refractivity (Wildman–Crippen MR) is 111 cm³/mol. The quantitative estimate of drug-likeness (QED) is 0.253. The van der Waals surface area contributed by atoms with Crippen molar-refractivity contribution in [2.75, 3.05) is 13.1 Å². The molecule has 5 atom stereocenters. The summed E-state index contributed by atoms with van der Waals surface area (Å²) < 4.78 is 0. The van der Waals surface area contributed by atoms with E-state index >= 15 is 0 Å². The Hall–Kier alpha value is -2.99. The van der Waals surface area contributed by atoms with E-state index < -0.39 is 54.0 Å². The number of aliphatic carboxylic acids is 1. The second kappa shape index (κ2) is 10.6. The van der Waals surface area contributed by atoms with E-state index in [1.54, 1.807) is 0 Å². The zero-order valence-electron chi connectivity index (χ0n) is 17.9. The van der Waals surface area contributed by atoms with Crippen LogP contribution in [0.25, 0.3) is 0 Å². The van der Waals surface area contributed by atoms with Gasteiger partial charge in [0.25, 0.3) is 0 Å². The summed E-state index contributed by atoms with van der Waals surface area (Å²) in [5.74, 6) is -2.76. The van der Waals surface area contributed by atoms with Crippen LogP contribution in [0.15, 0.2) is 12.5 Å². The van der Waals surface area contributed by atoms with E-state index in [0.717, 1.165) is 6.42 Å². The lowest BCUT2D eigenvalue weighted by Crippen LogP contribution is -2.60. The molecule has 2 fully saturated rings. The first-order valence-corrected chi connectivity index (χ1v) is 10.8. The van der Waals surface area contributed by atoms with Crippen molar-refractivity contribution in [1.29, 1.82) is 0 Å². The van der Waals surface area contributed by atoms with Crippen LogP contribution < -0.4 is 16.0 Å². The Balaban J connectivity index is 1.74. The molecule has 6 N–H and O–H groups in total. The Kier molecular flexibility index (Phi) is 7.80. The maximum Gasteiger partial charge on any atom is 0.326 e. The lowest BCUT2D eigenvalue weighted by atomic mass is 10.1. The van der Waals surface area contributed by atoms with Crippen LogP contribution in [-0.4, -0.2) is 92.1 Å². The number of nitrogens with zero attached hydrogens (tertiary/aromatic N) is 2. The van der Waals surface area contributed by atoms with Gasteiger partial charge < -0.3 is 36.0 Å². The van der Waals surface area contributed by atoms with Crippen molar-refractivity contribution in [3.05, 3.63) is 18.2 Å². The summed E-state index contributed by atoms with van der Waals surface area (Å²) in [7, 11) is 0. The van der Waals surface area contributed by atoms with Crippen molar-refractivity contribution in [1.82, 2.24) is 30.8 Å². The van der Waals surface area contributed by atoms with Gasteiger partial charge in [0.2, 0.25) is 17.7 Å². The van der Waals surface area contributed by atoms with Crippen molar-refractivity contribution in [2.45, 2.75) is 69.3 Å². The second-order valence-electron chi connectivity index (χ2n) is 8.25. The number of carboxylic acids is 1. The molecule has 0 bridgehead atoms. The fraction of sp³-hybridized carbons (Fsp3) is 0.650. The minimum absolute atomic E-state index is 0.0536. The molecule has 0 radical (unpaired) electrons. The molecule has 32 heavy (non-hydrogen) atoms. The van der Waals surface area contributed by atoms with Gasteiger partial charge in [-0.05, 0) is 39.2 Å². The van der Waals surface area contributed by atoms with Crippen LogP contribution in [0.4, 0.5) is 0 Å². The van der Waals surface area contributed by atoms with Crippen molar-refractivity contribution >= 4 is 23.7 Å². The van der Waals surface area contributed by atoms with Crippen LogP contribution in [0.2, 0.25) is 0 Å². The number of carbonyl (C=O) groups excluding carboxylic acids is 3. The number of nitrogens with one attached hydrogen (secondary N) is 4. The van der Waals surface area contributed by atoms with Gasteiger partial charge in [-0.1, -0.05) is 0 Å². The van der Waals surface area contributed by atoms with E-state index in [-0.39, 0.29) is 13.0 Å². The maximum atomic E-state index is 13.2. The molecule has 12 heteroatoms. The Bertz CT molecular complexity index is 823. The molecule has 12 nitrogen and oxygen atoms in total. The van der Waals surface area contributed by atoms with E-state index in [2.05, 4.69) is 25.9 Å². The summed E-state index contributed by atoms with van der Waals surface area (Å²) in [4.78, 5) is 58.2. The lowest BCUT2D eigenvalue weighted by molar-refractivity contribution is -0.149. The molecule has 0 aromatic carbocycles. The predicted octanol–water partition coefficient (Wildman–Crippen LogP) is -1.87. The molecule has 0 aliphatic carbocycles. The van der Waals surface area contributed by atoms with Gasteiger partial charge in [0.1, 0.15) is 18.1 Å². The largest absolute Gasteiger partial charge is 0.480 e. The van der Waals surface area contributed by atoms with Crippen molar-refractivity contribution in [2.24, 2.45) is 0 Å². The highest BCUT2D eigenvalue weighted by Crippen LogP contribution is 2.19. The smallest absolute Gasteiger partial charge is 0.326 e. The molecule has 5 unspecified atom stereocenters. The van der Waals surface area contributed by atoms with E-state index in [9.17, 15) is 29.4 Å². The van der Waals surface area contributed by atoms with Gasteiger partial charge in [0.15, 0.2) is 0 Å². The van der Waals surface area contributed by atoms with Gasteiger partial charge in [0.05, 0.1) is 18.5 Å². The van der Waals surface area contributed by atoms with Gasteiger partial charge in [-0.2, -0.15) is 0 Å². The molecule has 0 saturated carbocycles. The third-order valence-corrected chi connectivity index (χ3v) is 5.85. The number of carboxylic acid groups (broad SMARTS) is 1. The van der Waals surface area contributed by atoms with Gasteiger partial charge >= 0.3 is 5.97 Å². The first-order valence-electron chi connectivity index (χ1n) is 10.8.